The van der Waals surface area contributed by atoms with Gasteiger partial charge in [0.15, 0.2) is 0 Å². The second kappa shape index (κ2) is 8.82. The fourth-order valence-corrected chi connectivity index (χ4v) is 3.64. The molecule has 148 valence electrons. The highest BCUT2D eigenvalue weighted by atomic mass is 19.1. The van der Waals surface area contributed by atoms with Gasteiger partial charge in [0.25, 0.3) is 5.91 Å². The largest absolute Gasteiger partial charge is 0.339 e. The monoisotopic (exact) mass is 390 g/mol. The molecule has 0 radical (unpaired) electrons. The van der Waals surface area contributed by atoms with Crippen molar-refractivity contribution in [3.05, 3.63) is 83.9 Å². The van der Waals surface area contributed by atoms with Crippen molar-refractivity contribution < 1.29 is 9.18 Å². The minimum Gasteiger partial charge on any atom is -0.339 e. The summed E-state index contributed by atoms with van der Waals surface area (Å²) in [5, 5.41) is 2.99. The lowest BCUT2D eigenvalue weighted by atomic mass is 9.90. The van der Waals surface area contributed by atoms with Crippen LogP contribution in [0.25, 0.3) is 0 Å². The van der Waals surface area contributed by atoms with Gasteiger partial charge in [-0.15, -0.1) is 0 Å². The van der Waals surface area contributed by atoms with Crippen LogP contribution in [0.1, 0.15) is 28.8 Å². The van der Waals surface area contributed by atoms with E-state index in [4.69, 9.17) is 0 Å². The number of piperidine rings is 1. The molecule has 3 aromatic rings. The van der Waals surface area contributed by atoms with Crippen LogP contribution < -0.4 is 5.32 Å². The first-order valence-electron chi connectivity index (χ1n) is 9.85. The fraction of sp³-hybridized carbons (Fsp3) is 0.261. The number of carbonyl (C=O) groups excluding carboxylic acids is 1. The molecule has 1 aliphatic rings. The van der Waals surface area contributed by atoms with E-state index in [-0.39, 0.29) is 11.7 Å². The van der Waals surface area contributed by atoms with Gasteiger partial charge in [-0.2, -0.15) is 0 Å². The number of amides is 1. The van der Waals surface area contributed by atoms with Crippen molar-refractivity contribution >= 4 is 17.5 Å². The Morgan fingerprint density at radius 3 is 2.31 bits per heavy atom. The number of halogens is 1. The number of anilines is 2. The fourth-order valence-electron chi connectivity index (χ4n) is 3.64. The lowest BCUT2D eigenvalue weighted by Crippen LogP contribution is -2.39. The molecular formula is C23H23FN4O. The lowest BCUT2D eigenvalue weighted by Gasteiger charge is -2.32. The zero-order valence-corrected chi connectivity index (χ0v) is 16.1. The topological polar surface area (TPSA) is 58.1 Å². The van der Waals surface area contributed by atoms with Crippen molar-refractivity contribution in [3.8, 4) is 0 Å². The average Bonchev–Trinajstić information content (AvgIpc) is 2.77. The Hall–Kier alpha value is -3.28. The first kappa shape index (κ1) is 19.1. The summed E-state index contributed by atoms with van der Waals surface area (Å²) in [6.45, 7) is 1.51. The molecule has 0 saturated carbocycles. The van der Waals surface area contributed by atoms with Gasteiger partial charge in [0, 0.05) is 31.2 Å². The van der Waals surface area contributed by atoms with Crippen LogP contribution in [-0.2, 0) is 6.42 Å². The molecule has 1 N–H and O–H groups in total. The van der Waals surface area contributed by atoms with E-state index in [1.807, 2.05) is 11.0 Å². The Labute approximate surface area is 169 Å². The Bertz CT molecular complexity index is 937. The summed E-state index contributed by atoms with van der Waals surface area (Å²) in [5.41, 5.74) is 2.53. The van der Waals surface area contributed by atoms with Crippen LogP contribution in [0.4, 0.5) is 16.0 Å². The zero-order valence-electron chi connectivity index (χ0n) is 16.1. The van der Waals surface area contributed by atoms with Gasteiger partial charge in [0.2, 0.25) is 5.95 Å². The molecule has 2 heterocycles. The van der Waals surface area contributed by atoms with Crippen molar-refractivity contribution in [1.82, 2.24) is 14.9 Å². The van der Waals surface area contributed by atoms with Gasteiger partial charge in [0.05, 0.1) is 5.56 Å². The molecule has 1 fully saturated rings. The average molecular weight is 390 g/mol. The normalized spacial score (nSPS) is 14.6. The maximum Gasteiger partial charge on any atom is 0.256 e. The zero-order chi connectivity index (χ0) is 20.1. The molecule has 1 saturated heterocycles. The number of hydrogen-bond donors (Lipinski definition) is 1. The van der Waals surface area contributed by atoms with E-state index in [1.165, 1.54) is 30.1 Å². The molecule has 0 aliphatic carbocycles. The van der Waals surface area contributed by atoms with Crippen LogP contribution in [0.3, 0.4) is 0 Å². The van der Waals surface area contributed by atoms with Gasteiger partial charge in [-0.3, -0.25) is 4.79 Å². The summed E-state index contributed by atoms with van der Waals surface area (Å²) < 4.78 is 13.0. The van der Waals surface area contributed by atoms with Crippen LogP contribution in [0.15, 0.2) is 67.0 Å². The molecule has 0 atom stereocenters. The van der Waals surface area contributed by atoms with Crippen LogP contribution >= 0.6 is 0 Å². The highest BCUT2D eigenvalue weighted by molar-refractivity contribution is 5.93. The Morgan fingerprint density at radius 2 is 1.66 bits per heavy atom. The summed E-state index contributed by atoms with van der Waals surface area (Å²) in [4.78, 5) is 23.1. The molecule has 1 aromatic heterocycles. The summed E-state index contributed by atoms with van der Waals surface area (Å²) in [6, 6.07) is 16.4. The Kier molecular flexibility index (Phi) is 5.79. The predicted octanol–water partition coefficient (Wildman–Crippen LogP) is 4.45. The van der Waals surface area contributed by atoms with E-state index in [0.717, 1.165) is 32.4 Å². The van der Waals surface area contributed by atoms with Gasteiger partial charge in [-0.1, -0.05) is 30.3 Å². The van der Waals surface area contributed by atoms with Crippen molar-refractivity contribution in [2.75, 3.05) is 18.4 Å². The van der Waals surface area contributed by atoms with Crippen molar-refractivity contribution in [3.63, 3.8) is 0 Å². The predicted molar refractivity (Wildman–Crippen MR) is 110 cm³/mol. The van der Waals surface area contributed by atoms with Crippen LogP contribution in [0, 0.1) is 11.7 Å². The number of hydrogen-bond acceptors (Lipinski definition) is 4. The number of carbonyl (C=O) groups is 1. The third kappa shape index (κ3) is 4.96. The van der Waals surface area contributed by atoms with Crippen LogP contribution in [0.2, 0.25) is 0 Å². The lowest BCUT2D eigenvalue weighted by molar-refractivity contribution is 0.0689. The first-order valence-corrected chi connectivity index (χ1v) is 9.85. The molecule has 0 bridgehead atoms. The minimum absolute atomic E-state index is 0.0310. The van der Waals surface area contributed by atoms with Crippen LogP contribution in [-0.4, -0.2) is 33.9 Å². The number of nitrogens with one attached hydrogen (secondary N) is 1. The van der Waals surface area contributed by atoms with Gasteiger partial charge < -0.3 is 10.2 Å². The van der Waals surface area contributed by atoms with E-state index >= 15 is 0 Å². The molecular weight excluding hydrogens is 367 g/mol. The van der Waals surface area contributed by atoms with E-state index in [1.54, 1.807) is 12.1 Å². The molecule has 0 spiro atoms. The molecule has 0 unspecified atom stereocenters. The standard InChI is InChI=1S/C23H23FN4O/c24-20-6-8-21(9-7-20)27-23-25-15-19(16-26-23)22(29)28-12-10-18(11-13-28)14-17-4-2-1-3-5-17/h1-9,15-16,18H,10-14H2,(H,25,26,27). The Balaban J connectivity index is 1.31. The highest BCUT2D eigenvalue weighted by Gasteiger charge is 2.24. The van der Waals surface area contributed by atoms with Gasteiger partial charge in [-0.05, 0) is 55.0 Å². The smallest absolute Gasteiger partial charge is 0.256 e. The highest BCUT2D eigenvalue weighted by Crippen LogP contribution is 2.23. The molecule has 1 aliphatic heterocycles. The molecule has 5 nitrogen and oxygen atoms in total. The first-order chi connectivity index (χ1) is 14.2. The van der Waals surface area contributed by atoms with Crippen molar-refractivity contribution in [2.45, 2.75) is 19.3 Å². The maximum atomic E-state index is 13.0. The van der Waals surface area contributed by atoms with E-state index in [2.05, 4.69) is 39.6 Å². The number of likely N-dealkylation sites (tertiary alicyclic amines) is 1. The molecule has 1 amide bonds. The van der Waals surface area contributed by atoms with Gasteiger partial charge in [0.1, 0.15) is 5.82 Å². The maximum absolute atomic E-state index is 13.0. The van der Waals surface area contributed by atoms with E-state index < -0.39 is 0 Å². The number of benzene rings is 2. The summed E-state index contributed by atoms with van der Waals surface area (Å²) >= 11 is 0. The summed E-state index contributed by atoms with van der Waals surface area (Å²) in [5.74, 6) is 0.649. The number of aromatic nitrogens is 2. The minimum atomic E-state index is -0.301. The van der Waals surface area contributed by atoms with E-state index in [0.29, 0.717) is 23.1 Å². The second-order valence-corrected chi connectivity index (χ2v) is 7.35. The van der Waals surface area contributed by atoms with Crippen LogP contribution in [0.5, 0.6) is 0 Å². The van der Waals surface area contributed by atoms with Crippen molar-refractivity contribution in [1.29, 1.82) is 0 Å². The molecule has 6 heteroatoms. The summed E-state index contributed by atoms with van der Waals surface area (Å²) in [6.07, 6.45) is 6.15. The summed E-state index contributed by atoms with van der Waals surface area (Å²) in [7, 11) is 0. The Morgan fingerprint density at radius 1 is 1.00 bits per heavy atom. The number of nitrogens with zero attached hydrogens (tertiary/aromatic N) is 3. The molecule has 2 aromatic carbocycles. The van der Waals surface area contributed by atoms with E-state index in [9.17, 15) is 9.18 Å². The van der Waals surface area contributed by atoms with Gasteiger partial charge >= 0.3 is 0 Å². The SMILES string of the molecule is O=C(c1cnc(Nc2ccc(F)cc2)nc1)N1CCC(Cc2ccccc2)CC1. The van der Waals surface area contributed by atoms with Crippen molar-refractivity contribution in [2.24, 2.45) is 5.92 Å². The molecule has 4 rings (SSSR count). The quantitative estimate of drug-likeness (QED) is 0.699. The second-order valence-electron chi connectivity index (χ2n) is 7.35. The third-order valence-electron chi connectivity index (χ3n) is 5.27. The molecule has 29 heavy (non-hydrogen) atoms. The third-order valence-corrected chi connectivity index (χ3v) is 5.27. The number of rotatable bonds is 5. The van der Waals surface area contributed by atoms with Gasteiger partial charge in [-0.25, -0.2) is 14.4 Å².